The van der Waals surface area contributed by atoms with Crippen LogP contribution in [0.2, 0.25) is 0 Å². The number of hydrogen-bond acceptors (Lipinski definition) is 4. The molecule has 2 heterocycles. The second kappa shape index (κ2) is 4.68. The van der Waals surface area contributed by atoms with Crippen LogP contribution in [0.3, 0.4) is 0 Å². The first-order valence-electron chi connectivity index (χ1n) is 5.45. The van der Waals surface area contributed by atoms with Gasteiger partial charge in [0.15, 0.2) is 0 Å². The van der Waals surface area contributed by atoms with Crippen molar-refractivity contribution in [2.45, 2.75) is 31.8 Å². The third-order valence-electron chi connectivity index (χ3n) is 3.14. The normalized spacial score (nSPS) is 24.3. The van der Waals surface area contributed by atoms with Crippen LogP contribution in [-0.4, -0.2) is 39.2 Å². The summed E-state index contributed by atoms with van der Waals surface area (Å²) in [7, 11) is 0. The molecule has 1 fully saturated rings. The van der Waals surface area contributed by atoms with Gasteiger partial charge in [-0.3, -0.25) is 14.9 Å². The van der Waals surface area contributed by atoms with Gasteiger partial charge in [0.05, 0.1) is 18.3 Å². The molecule has 15 heavy (non-hydrogen) atoms. The minimum Gasteiger partial charge on any atom is -0.395 e. The second-order valence-electron chi connectivity index (χ2n) is 4.02. The summed E-state index contributed by atoms with van der Waals surface area (Å²) in [4.78, 5) is 10.7. The van der Waals surface area contributed by atoms with Gasteiger partial charge in [0.2, 0.25) is 0 Å². The highest BCUT2D eigenvalue weighted by Crippen LogP contribution is 2.27. The summed E-state index contributed by atoms with van der Waals surface area (Å²) in [5, 5.41) is 9.25. The van der Waals surface area contributed by atoms with Crippen LogP contribution < -0.4 is 0 Å². The van der Waals surface area contributed by atoms with Gasteiger partial charge in [-0.2, -0.15) is 0 Å². The van der Waals surface area contributed by atoms with Crippen LogP contribution in [0, 0.1) is 0 Å². The molecule has 0 bridgehead atoms. The SMILES string of the molecule is C[C@H](c1cnccn1)N1CCC[C@@H]1CO. The third kappa shape index (κ3) is 2.16. The topological polar surface area (TPSA) is 49.2 Å². The molecule has 1 aliphatic rings. The Balaban J connectivity index is 2.10. The summed E-state index contributed by atoms with van der Waals surface area (Å²) in [6.07, 6.45) is 7.45. The van der Waals surface area contributed by atoms with E-state index in [0.717, 1.165) is 25.1 Å². The molecule has 1 aromatic heterocycles. The lowest BCUT2D eigenvalue weighted by Gasteiger charge is -2.28. The fourth-order valence-corrected chi connectivity index (χ4v) is 2.26. The summed E-state index contributed by atoms with van der Waals surface area (Å²) >= 11 is 0. The fourth-order valence-electron chi connectivity index (χ4n) is 2.26. The number of nitrogens with zero attached hydrogens (tertiary/aromatic N) is 3. The van der Waals surface area contributed by atoms with Gasteiger partial charge >= 0.3 is 0 Å². The van der Waals surface area contributed by atoms with Crippen molar-refractivity contribution in [3.63, 3.8) is 0 Å². The number of aliphatic hydroxyl groups excluding tert-OH is 1. The molecule has 4 nitrogen and oxygen atoms in total. The van der Waals surface area contributed by atoms with Crippen LogP contribution in [0.4, 0.5) is 0 Å². The van der Waals surface area contributed by atoms with E-state index in [1.54, 1.807) is 18.6 Å². The molecular formula is C11H17N3O. The number of hydrogen-bond donors (Lipinski definition) is 1. The predicted octanol–water partition coefficient (Wildman–Crippen LogP) is 0.994. The number of likely N-dealkylation sites (tertiary alicyclic amines) is 1. The first-order valence-corrected chi connectivity index (χ1v) is 5.45. The van der Waals surface area contributed by atoms with E-state index < -0.39 is 0 Å². The van der Waals surface area contributed by atoms with E-state index in [1.165, 1.54) is 0 Å². The van der Waals surface area contributed by atoms with Crippen molar-refractivity contribution in [3.05, 3.63) is 24.3 Å². The molecule has 1 N–H and O–H groups in total. The number of aliphatic hydroxyl groups is 1. The number of rotatable bonds is 3. The first kappa shape index (κ1) is 10.5. The minimum atomic E-state index is 0.241. The molecule has 0 radical (unpaired) electrons. The average Bonchev–Trinajstić information content (AvgIpc) is 2.77. The Morgan fingerprint density at radius 1 is 1.60 bits per heavy atom. The van der Waals surface area contributed by atoms with Crippen molar-refractivity contribution in [2.75, 3.05) is 13.2 Å². The van der Waals surface area contributed by atoms with Gasteiger partial charge in [0, 0.05) is 24.6 Å². The zero-order valence-corrected chi connectivity index (χ0v) is 9.00. The lowest BCUT2D eigenvalue weighted by Crippen LogP contribution is -2.34. The Morgan fingerprint density at radius 3 is 3.13 bits per heavy atom. The van der Waals surface area contributed by atoms with Crippen molar-refractivity contribution >= 4 is 0 Å². The van der Waals surface area contributed by atoms with Gasteiger partial charge < -0.3 is 5.11 Å². The molecule has 2 atom stereocenters. The molecule has 0 spiro atoms. The summed E-state index contributed by atoms with van der Waals surface area (Å²) in [5.74, 6) is 0. The second-order valence-corrected chi connectivity index (χ2v) is 4.02. The standard InChI is InChI=1S/C11H17N3O/c1-9(11-7-12-4-5-13-11)14-6-2-3-10(14)8-15/h4-5,7,9-10,15H,2-3,6,8H2,1H3/t9-,10-/m1/s1. The highest BCUT2D eigenvalue weighted by molar-refractivity contribution is 5.03. The Bertz CT molecular complexity index is 304. The van der Waals surface area contributed by atoms with Crippen molar-refractivity contribution in [1.82, 2.24) is 14.9 Å². The number of aromatic nitrogens is 2. The van der Waals surface area contributed by atoms with Gasteiger partial charge in [-0.15, -0.1) is 0 Å². The van der Waals surface area contributed by atoms with E-state index in [0.29, 0.717) is 6.04 Å². The molecule has 0 aromatic carbocycles. The maximum atomic E-state index is 9.25. The van der Waals surface area contributed by atoms with Crippen molar-refractivity contribution < 1.29 is 5.11 Å². The molecule has 1 aliphatic heterocycles. The van der Waals surface area contributed by atoms with Crippen LogP contribution in [0.5, 0.6) is 0 Å². The van der Waals surface area contributed by atoms with Crippen LogP contribution >= 0.6 is 0 Å². The van der Waals surface area contributed by atoms with Crippen LogP contribution in [0.15, 0.2) is 18.6 Å². The zero-order valence-electron chi connectivity index (χ0n) is 9.00. The minimum absolute atomic E-state index is 0.241. The molecule has 1 saturated heterocycles. The molecule has 1 aromatic rings. The lowest BCUT2D eigenvalue weighted by molar-refractivity contribution is 0.124. The highest BCUT2D eigenvalue weighted by atomic mass is 16.3. The van der Waals surface area contributed by atoms with Gasteiger partial charge in [0.25, 0.3) is 0 Å². The summed E-state index contributed by atoms with van der Waals surface area (Å²) in [6.45, 7) is 3.41. The van der Waals surface area contributed by atoms with Gasteiger partial charge in [-0.05, 0) is 26.3 Å². The maximum Gasteiger partial charge on any atom is 0.0755 e. The van der Waals surface area contributed by atoms with Gasteiger partial charge in [0.1, 0.15) is 0 Å². The molecule has 2 rings (SSSR count). The van der Waals surface area contributed by atoms with E-state index in [2.05, 4.69) is 21.8 Å². The zero-order chi connectivity index (χ0) is 10.7. The van der Waals surface area contributed by atoms with E-state index in [9.17, 15) is 5.11 Å². The summed E-state index contributed by atoms with van der Waals surface area (Å²) in [6, 6.07) is 0.542. The van der Waals surface area contributed by atoms with Crippen molar-refractivity contribution in [3.8, 4) is 0 Å². The van der Waals surface area contributed by atoms with E-state index >= 15 is 0 Å². The molecule has 82 valence electrons. The quantitative estimate of drug-likeness (QED) is 0.803. The van der Waals surface area contributed by atoms with E-state index in [1.807, 2.05) is 0 Å². The fraction of sp³-hybridized carbons (Fsp3) is 0.636. The monoisotopic (exact) mass is 207 g/mol. The molecule has 0 amide bonds. The molecule has 0 aliphatic carbocycles. The maximum absolute atomic E-state index is 9.25. The third-order valence-corrected chi connectivity index (χ3v) is 3.14. The Morgan fingerprint density at radius 2 is 2.47 bits per heavy atom. The molecule has 4 heteroatoms. The van der Waals surface area contributed by atoms with E-state index in [-0.39, 0.29) is 12.6 Å². The van der Waals surface area contributed by atoms with Crippen LogP contribution in [0.1, 0.15) is 31.5 Å². The lowest BCUT2D eigenvalue weighted by atomic mass is 10.1. The highest BCUT2D eigenvalue weighted by Gasteiger charge is 2.29. The predicted molar refractivity (Wildman–Crippen MR) is 57.3 cm³/mol. The average molecular weight is 207 g/mol. The Hall–Kier alpha value is -1.00. The molecule has 0 unspecified atom stereocenters. The van der Waals surface area contributed by atoms with Crippen LogP contribution in [-0.2, 0) is 0 Å². The smallest absolute Gasteiger partial charge is 0.0755 e. The summed E-state index contributed by atoms with van der Waals surface area (Å²) < 4.78 is 0. The van der Waals surface area contributed by atoms with Gasteiger partial charge in [-0.25, -0.2) is 0 Å². The van der Waals surface area contributed by atoms with Crippen LogP contribution in [0.25, 0.3) is 0 Å². The van der Waals surface area contributed by atoms with Gasteiger partial charge in [-0.1, -0.05) is 0 Å². The Kier molecular flexibility index (Phi) is 3.28. The molecular weight excluding hydrogens is 190 g/mol. The van der Waals surface area contributed by atoms with Crippen molar-refractivity contribution in [2.24, 2.45) is 0 Å². The first-order chi connectivity index (χ1) is 7.33. The largest absolute Gasteiger partial charge is 0.395 e. The molecule has 0 saturated carbocycles. The Labute approximate surface area is 90.0 Å². The van der Waals surface area contributed by atoms with E-state index in [4.69, 9.17) is 0 Å². The summed E-state index contributed by atoms with van der Waals surface area (Å²) in [5.41, 5.74) is 0.984. The van der Waals surface area contributed by atoms with Crippen molar-refractivity contribution in [1.29, 1.82) is 0 Å².